The van der Waals surface area contributed by atoms with Crippen LogP contribution in [0.25, 0.3) is 0 Å². The minimum atomic E-state index is -0.611. The Bertz CT molecular complexity index is 22.0. The van der Waals surface area contributed by atoms with Gasteiger partial charge in [-0.15, -0.1) is 0 Å². The van der Waals surface area contributed by atoms with Crippen molar-refractivity contribution in [3.05, 3.63) is 0 Å². The van der Waals surface area contributed by atoms with Crippen molar-refractivity contribution in [2.75, 3.05) is 12.5 Å². The summed E-state index contributed by atoms with van der Waals surface area (Å²) in [5.41, 5.74) is 0. The van der Waals surface area contributed by atoms with Gasteiger partial charge >= 0.3 is 8.41 Å². The van der Waals surface area contributed by atoms with Crippen molar-refractivity contribution < 1.29 is 41.8 Å². The van der Waals surface area contributed by atoms with Gasteiger partial charge in [-0.3, -0.25) is 0 Å². The van der Waals surface area contributed by atoms with Crippen LogP contribution in [0.2, 0.25) is 0 Å². The van der Waals surface area contributed by atoms with E-state index in [0.717, 1.165) is 0 Å². The molecule has 1 nitrogen and oxygen atoms in total. The molecule has 0 amide bonds. The Kier molecular flexibility index (Phi) is 105. The molecule has 0 fully saturated rings. The van der Waals surface area contributed by atoms with Crippen molar-refractivity contribution in [2.45, 2.75) is 0 Å². The first-order valence-electron chi connectivity index (χ1n) is 0.983. The van der Waals surface area contributed by atoms with Crippen molar-refractivity contribution in [3.8, 4) is 0 Å². The summed E-state index contributed by atoms with van der Waals surface area (Å²) >= 11 is -0.611. The smallest absolute Gasteiger partial charge is 1.00 e. The van der Waals surface area contributed by atoms with Gasteiger partial charge in [-0.05, 0) is 0 Å². The van der Waals surface area contributed by atoms with Gasteiger partial charge in [0.2, 0.25) is 0 Å². The van der Waals surface area contributed by atoms with Crippen LogP contribution >= 0.6 is 0 Å². The van der Waals surface area contributed by atoms with Crippen LogP contribution in [0, 0.1) is 0 Å². The van der Waals surface area contributed by atoms with E-state index in [4.69, 9.17) is 0 Å². The fraction of sp³-hybridized carbons (Fsp3) is 1.00. The molecule has 50 valence electrons. The van der Waals surface area contributed by atoms with Crippen molar-refractivity contribution in [2.24, 2.45) is 0 Å². The molecule has 0 bridgehead atoms. The molecule has 0 aliphatic heterocycles. The maximum atomic E-state index is 9.56. The molecule has 0 aromatic heterocycles. The van der Waals surface area contributed by atoms with Gasteiger partial charge in [0, 0.05) is 0 Å². The van der Waals surface area contributed by atoms with Crippen LogP contribution in [-0.2, 0) is 11.2 Å². The van der Waals surface area contributed by atoms with E-state index in [1.54, 1.807) is 12.5 Å². The summed E-state index contributed by atoms with van der Waals surface area (Å²) in [5.74, 6) is 0. The molecule has 0 aliphatic carbocycles. The van der Waals surface area contributed by atoms with Crippen molar-refractivity contribution in [1.29, 1.82) is 0 Å². The first-order chi connectivity index (χ1) is 1.73. The summed E-state index contributed by atoms with van der Waals surface area (Å²) < 4.78 is 9.56. The van der Waals surface area contributed by atoms with E-state index in [2.05, 4.69) is 0 Å². The molecule has 0 spiro atoms. The minimum absolute atomic E-state index is 0. The molecule has 0 heterocycles. The molecule has 6 heteroatoms. The first kappa shape index (κ1) is 34.9. The van der Waals surface area contributed by atoms with E-state index in [1.807, 2.05) is 0 Å². The van der Waals surface area contributed by atoms with Gasteiger partial charge in [0.25, 0.3) is 0 Å². The predicted octanol–water partition coefficient (Wildman–Crippen LogP) is -9.37. The average molecular weight is 195 g/mol. The Morgan fingerprint density at radius 3 is 1.00 bits per heavy atom. The first-order valence-corrected chi connectivity index (χ1v) is 2.95. The number of halogens is 3. The zero-order valence-corrected chi connectivity index (χ0v) is 7.61. The maximum absolute atomic E-state index is 9.56. The standard InChI is InChI=1S/C2H6OS.B.3ClH/c1-4(2)3;;;;/h1-2H3;;3*1H/q;+3;;;/p-3. The van der Waals surface area contributed by atoms with Crippen molar-refractivity contribution in [3.63, 3.8) is 0 Å². The zero-order chi connectivity index (χ0) is 3.58. The molecule has 0 aromatic rings. The predicted molar refractivity (Wildman–Crippen MR) is 25.7 cm³/mol. The summed E-state index contributed by atoms with van der Waals surface area (Å²) in [7, 11) is 0. The van der Waals surface area contributed by atoms with Gasteiger partial charge in [-0.2, -0.15) is 0 Å². The van der Waals surface area contributed by atoms with Gasteiger partial charge < -0.3 is 41.8 Å². The molecule has 0 saturated carbocycles. The molecule has 0 N–H and O–H groups in total. The van der Waals surface area contributed by atoms with Crippen molar-refractivity contribution in [1.82, 2.24) is 0 Å². The Hall–Kier alpha value is 1.24. The Morgan fingerprint density at radius 2 is 1.00 bits per heavy atom. The minimum Gasteiger partial charge on any atom is -1.00 e. The summed E-state index contributed by atoms with van der Waals surface area (Å²) in [5, 5.41) is 0. The van der Waals surface area contributed by atoms with Gasteiger partial charge in [-0.1, -0.05) is 11.2 Å². The van der Waals surface area contributed by atoms with Gasteiger partial charge in [0.1, 0.15) is 0 Å². The van der Waals surface area contributed by atoms with Crippen LogP contribution < -0.4 is 37.2 Å². The summed E-state index contributed by atoms with van der Waals surface area (Å²) in [4.78, 5) is 0. The second kappa shape index (κ2) is 24.0. The molecule has 0 atom stereocenters. The molecule has 0 rings (SSSR count). The molecule has 0 radical (unpaired) electrons. The van der Waals surface area contributed by atoms with E-state index in [1.165, 1.54) is 0 Å². The van der Waals surface area contributed by atoms with E-state index in [9.17, 15) is 4.55 Å². The molecule has 0 saturated heterocycles. The molecule has 0 aromatic carbocycles. The topological polar surface area (TPSA) is 23.1 Å². The monoisotopic (exact) mass is 194 g/mol. The molecule has 8 heavy (non-hydrogen) atoms. The molecule has 0 aliphatic rings. The van der Waals surface area contributed by atoms with E-state index in [-0.39, 0.29) is 45.6 Å². The van der Waals surface area contributed by atoms with E-state index >= 15 is 0 Å². The summed E-state index contributed by atoms with van der Waals surface area (Å²) in [6.45, 7) is 0. The van der Waals surface area contributed by atoms with Gasteiger partial charge in [0.15, 0.2) is 0 Å². The third-order valence-corrected chi connectivity index (χ3v) is 0. The SMILES string of the molecule is C[S+](C)[O-].[B+3].[Cl-].[Cl-].[Cl-]. The normalized spacial score (nSPS) is 4.50. The molecular weight excluding hydrogens is 189 g/mol. The van der Waals surface area contributed by atoms with Crippen LogP contribution in [0.4, 0.5) is 0 Å². The fourth-order valence-electron chi connectivity index (χ4n) is 0. The Labute approximate surface area is 74.0 Å². The Balaban J connectivity index is -0.00000000750. The maximum Gasteiger partial charge on any atom is 3.00 e. The summed E-state index contributed by atoms with van der Waals surface area (Å²) in [6, 6.07) is 0. The van der Waals surface area contributed by atoms with Crippen LogP contribution in [-0.4, -0.2) is 25.5 Å². The van der Waals surface area contributed by atoms with Crippen LogP contribution in [0.5, 0.6) is 0 Å². The van der Waals surface area contributed by atoms with E-state index in [0.29, 0.717) is 0 Å². The third-order valence-electron chi connectivity index (χ3n) is 0. The summed E-state index contributed by atoms with van der Waals surface area (Å²) in [6.07, 6.45) is 3.28. The number of hydrogen-bond acceptors (Lipinski definition) is 1. The van der Waals surface area contributed by atoms with E-state index < -0.39 is 11.2 Å². The molecule has 0 unspecified atom stereocenters. The van der Waals surface area contributed by atoms with Crippen LogP contribution in [0.15, 0.2) is 0 Å². The number of rotatable bonds is 0. The van der Waals surface area contributed by atoms with Crippen molar-refractivity contribution >= 4 is 19.6 Å². The number of hydrogen-bond donors (Lipinski definition) is 0. The van der Waals surface area contributed by atoms with Crippen LogP contribution in [0.1, 0.15) is 0 Å². The Morgan fingerprint density at radius 1 is 1.00 bits per heavy atom. The molecular formula is C2H6BCl3OS. The second-order valence-corrected chi connectivity index (χ2v) is 2.22. The largest absolute Gasteiger partial charge is 3.00 e. The fourth-order valence-corrected chi connectivity index (χ4v) is 0. The third kappa shape index (κ3) is 182. The van der Waals surface area contributed by atoms with Gasteiger partial charge in [0.05, 0.1) is 12.5 Å². The zero-order valence-electron chi connectivity index (χ0n) is 4.53. The quantitative estimate of drug-likeness (QED) is 0.278. The van der Waals surface area contributed by atoms with Crippen LogP contribution in [0.3, 0.4) is 0 Å². The van der Waals surface area contributed by atoms with Gasteiger partial charge in [-0.25, -0.2) is 0 Å². The average Bonchev–Trinajstić information content (AvgIpc) is 0.811. The second-order valence-electron chi connectivity index (χ2n) is 0.742.